The van der Waals surface area contributed by atoms with Crippen molar-refractivity contribution >= 4 is 0 Å². The normalized spacial score (nSPS) is 15.7. The third-order valence-corrected chi connectivity index (χ3v) is 4.90. The van der Waals surface area contributed by atoms with Gasteiger partial charge in [0, 0.05) is 12.6 Å². The summed E-state index contributed by atoms with van der Waals surface area (Å²) in [5.41, 5.74) is 8.94. The fraction of sp³-hybridized carbons (Fsp3) is 0.455. The third-order valence-electron chi connectivity index (χ3n) is 4.90. The Hall–Kier alpha value is -2.11. The van der Waals surface area contributed by atoms with E-state index >= 15 is 0 Å². The number of hydrogen-bond acceptors (Lipinski definition) is 4. The molecule has 146 valence electrons. The molecule has 27 heavy (non-hydrogen) atoms. The molecule has 5 heteroatoms. The van der Waals surface area contributed by atoms with Crippen molar-refractivity contribution < 1.29 is 13.9 Å². The molecule has 2 N–H and O–H groups in total. The molecule has 0 unspecified atom stereocenters. The Morgan fingerprint density at radius 1 is 1.00 bits per heavy atom. The summed E-state index contributed by atoms with van der Waals surface area (Å²) in [5, 5.41) is 0. The minimum Gasteiger partial charge on any atom is -0.493 e. The van der Waals surface area contributed by atoms with E-state index in [9.17, 15) is 4.39 Å². The topological polar surface area (TPSA) is 47.7 Å². The summed E-state index contributed by atoms with van der Waals surface area (Å²) in [6.07, 6.45) is 2.06. The quantitative estimate of drug-likeness (QED) is 0.791. The van der Waals surface area contributed by atoms with E-state index in [0.29, 0.717) is 19.3 Å². The average Bonchev–Trinajstić information content (AvgIpc) is 2.65. The maximum absolute atomic E-state index is 13.4. The number of benzene rings is 2. The molecule has 1 aliphatic heterocycles. The van der Waals surface area contributed by atoms with Crippen molar-refractivity contribution in [2.75, 3.05) is 26.3 Å². The largest absolute Gasteiger partial charge is 0.493 e. The number of ether oxygens (including phenoxy) is 2. The average molecular weight is 372 g/mol. The number of rotatable bonds is 7. The van der Waals surface area contributed by atoms with Crippen LogP contribution in [0.4, 0.5) is 4.39 Å². The molecular weight excluding hydrogens is 343 g/mol. The van der Waals surface area contributed by atoms with Gasteiger partial charge in [-0.25, -0.2) is 4.39 Å². The Bertz CT molecular complexity index is 713. The van der Waals surface area contributed by atoms with Gasteiger partial charge in [-0.3, -0.25) is 4.90 Å². The Labute approximate surface area is 161 Å². The van der Waals surface area contributed by atoms with Gasteiger partial charge in [0.2, 0.25) is 0 Å². The SMILES string of the molecule is CCOc1cc(CN2CCC(N)CC2)cc(OCC)c1-c1ccc(F)cc1. The number of nitrogens with two attached hydrogens (primary N) is 1. The number of likely N-dealkylation sites (tertiary alicyclic amines) is 1. The Morgan fingerprint density at radius 2 is 1.56 bits per heavy atom. The van der Waals surface area contributed by atoms with Gasteiger partial charge in [-0.1, -0.05) is 12.1 Å². The Kier molecular flexibility index (Phi) is 6.69. The van der Waals surface area contributed by atoms with Crippen molar-refractivity contribution in [2.45, 2.75) is 39.3 Å². The lowest BCUT2D eigenvalue weighted by Crippen LogP contribution is -2.39. The molecule has 3 rings (SSSR count). The molecule has 0 amide bonds. The van der Waals surface area contributed by atoms with Crippen LogP contribution in [0.15, 0.2) is 36.4 Å². The van der Waals surface area contributed by atoms with E-state index in [1.165, 1.54) is 12.1 Å². The number of hydrogen-bond donors (Lipinski definition) is 1. The predicted molar refractivity (Wildman–Crippen MR) is 107 cm³/mol. The highest BCUT2D eigenvalue weighted by atomic mass is 19.1. The molecule has 0 saturated carbocycles. The molecule has 4 nitrogen and oxygen atoms in total. The number of halogens is 1. The van der Waals surface area contributed by atoms with Crippen molar-refractivity contribution in [2.24, 2.45) is 5.73 Å². The molecule has 0 atom stereocenters. The monoisotopic (exact) mass is 372 g/mol. The molecular formula is C22H29FN2O2. The van der Waals surface area contributed by atoms with Gasteiger partial charge in [0.25, 0.3) is 0 Å². The third kappa shape index (κ3) is 4.99. The summed E-state index contributed by atoms with van der Waals surface area (Å²) in [7, 11) is 0. The van der Waals surface area contributed by atoms with Crippen LogP contribution in [0.1, 0.15) is 32.3 Å². The number of piperidine rings is 1. The van der Waals surface area contributed by atoms with Gasteiger partial charge in [-0.2, -0.15) is 0 Å². The highest BCUT2D eigenvalue weighted by Gasteiger charge is 2.19. The second kappa shape index (κ2) is 9.20. The zero-order chi connectivity index (χ0) is 19.2. The summed E-state index contributed by atoms with van der Waals surface area (Å²) < 4.78 is 25.3. The molecule has 0 aromatic heterocycles. The van der Waals surface area contributed by atoms with Crippen LogP contribution < -0.4 is 15.2 Å². The smallest absolute Gasteiger partial charge is 0.131 e. The summed E-state index contributed by atoms with van der Waals surface area (Å²) in [5.74, 6) is 1.30. The lowest BCUT2D eigenvalue weighted by molar-refractivity contribution is 0.205. The first-order chi connectivity index (χ1) is 13.1. The van der Waals surface area contributed by atoms with Crippen molar-refractivity contribution in [1.82, 2.24) is 4.90 Å². The van der Waals surface area contributed by atoms with E-state index in [1.54, 1.807) is 12.1 Å². The standard InChI is InChI=1S/C22H29FN2O2/c1-3-26-20-13-16(15-25-11-9-19(24)10-12-25)14-21(27-4-2)22(20)17-5-7-18(23)8-6-17/h5-8,13-14,19H,3-4,9-12,15,24H2,1-2H3. The van der Waals surface area contributed by atoms with Crippen LogP contribution >= 0.6 is 0 Å². The molecule has 1 fully saturated rings. The summed E-state index contributed by atoms with van der Waals surface area (Å²) in [4.78, 5) is 2.42. The minimum absolute atomic E-state index is 0.255. The Morgan fingerprint density at radius 3 is 2.07 bits per heavy atom. The van der Waals surface area contributed by atoms with Crippen LogP contribution in [0.5, 0.6) is 11.5 Å². The zero-order valence-corrected chi connectivity index (χ0v) is 16.2. The first kappa shape index (κ1) is 19.6. The second-order valence-corrected chi connectivity index (χ2v) is 6.95. The summed E-state index contributed by atoms with van der Waals surface area (Å²) in [6.45, 7) is 7.91. The highest BCUT2D eigenvalue weighted by Crippen LogP contribution is 2.40. The predicted octanol–water partition coefficient (Wildman–Crippen LogP) is 4.21. The van der Waals surface area contributed by atoms with Crippen LogP contribution in [0.2, 0.25) is 0 Å². The maximum Gasteiger partial charge on any atom is 0.131 e. The van der Waals surface area contributed by atoms with Gasteiger partial charge in [0.15, 0.2) is 0 Å². The van der Waals surface area contributed by atoms with Crippen molar-refractivity contribution in [3.8, 4) is 22.6 Å². The molecule has 2 aromatic rings. The van der Waals surface area contributed by atoms with Crippen LogP contribution in [-0.2, 0) is 6.54 Å². The van der Waals surface area contributed by atoms with E-state index in [2.05, 4.69) is 17.0 Å². The first-order valence-electron chi connectivity index (χ1n) is 9.77. The molecule has 1 saturated heterocycles. The molecule has 2 aromatic carbocycles. The second-order valence-electron chi connectivity index (χ2n) is 6.95. The zero-order valence-electron chi connectivity index (χ0n) is 16.2. The van der Waals surface area contributed by atoms with Gasteiger partial charge < -0.3 is 15.2 Å². The summed E-state index contributed by atoms with van der Waals surface area (Å²) in [6, 6.07) is 10.9. The maximum atomic E-state index is 13.4. The lowest BCUT2D eigenvalue weighted by atomic mass is 9.99. The molecule has 1 heterocycles. The molecule has 1 aliphatic rings. The van der Waals surface area contributed by atoms with Crippen molar-refractivity contribution in [1.29, 1.82) is 0 Å². The minimum atomic E-state index is -0.255. The molecule has 0 aliphatic carbocycles. The van der Waals surface area contributed by atoms with E-state index in [1.807, 2.05) is 13.8 Å². The van der Waals surface area contributed by atoms with Crippen LogP contribution in [0.25, 0.3) is 11.1 Å². The molecule has 0 radical (unpaired) electrons. The van der Waals surface area contributed by atoms with Gasteiger partial charge >= 0.3 is 0 Å². The van der Waals surface area contributed by atoms with Gasteiger partial charge in [0.05, 0.1) is 18.8 Å². The van der Waals surface area contributed by atoms with E-state index in [0.717, 1.165) is 60.7 Å². The van der Waals surface area contributed by atoms with Crippen LogP contribution in [0, 0.1) is 5.82 Å². The summed E-state index contributed by atoms with van der Waals surface area (Å²) >= 11 is 0. The highest BCUT2D eigenvalue weighted by molar-refractivity contribution is 5.77. The van der Waals surface area contributed by atoms with E-state index in [-0.39, 0.29) is 5.82 Å². The first-order valence-corrected chi connectivity index (χ1v) is 9.77. The molecule has 0 bridgehead atoms. The lowest BCUT2D eigenvalue weighted by Gasteiger charge is -2.30. The number of nitrogens with zero attached hydrogens (tertiary/aromatic N) is 1. The Balaban J connectivity index is 1.95. The van der Waals surface area contributed by atoms with Gasteiger partial charge in [-0.05, 0) is 75.2 Å². The van der Waals surface area contributed by atoms with Crippen molar-refractivity contribution in [3.05, 3.63) is 47.8 Å². The molecule has 0 spiro atoms. The van der Waals surface area contributed by atoms with Crippen molar-refractivity contribution in [3.63, 3.8) is 0 Å². The van der Waals surface area contributed by atoms with Gasteiger partial charge in [0.1, 0.15) is 17.3 Å². The van der Waals surface area contributed by atoms with E-state index in [4.69, 9.17) is 15.2 Å². The van der Waals surface area contributed by atoms with Crippen LogP contribution in [-0.4, -0.2) is 37.2 Å². The van der Waals surface area contributed by atoms with Crippen LogP contribution in [0.3, 0.4) is 0 Å². The van der Waals surface area contributed by atoms with E-state index < -0.39 is 0 Å². The fourth-order valence-corrected chi connectivity index (χ4v) is 3.54. The van der Waals surface area contributed by atoms with Gasteiger partial charge in [-0.15, -0.1) is 0 Å². The fourth-order valence-electron chi connectivity index (χ4n) is 3.54.